The number of rotatable bonds is 3. The molecule has 4 aromatic carbocycles. The molecule has 1 saturated carbocycles. The minimum atomic E-state index is 0.382. The van der Waals surface area contributed by atoms with E-state index in [1.807, 2.05) is 0 Å². The number of hydrogen-bond acceptors (Lipinski definition) is 1. The van der Waals surface area contributed by atoms with Crippen LogP contribution in [0.3, 0.4) is 0 Å². The molecule has 4 aromatic rings. The van der Waals surface area contributed by atoms with Crippen LogP contribution in [0.5, 0.6) is 0 Å². The van der Waals surface area contributed by atoms with Gasteiger partial charge in [-0.25, -0.2) is 0 Å². The van der Waals surface area contributed by atoms with Gasteiger partial charge in [-0.2, -0.15) is 0 Å². The topological polar surface area (TPSA) is 23.9 Å². The fourth-order valence-electron chi connectivity index (χ4n) is 5.79. The highest BCUT2D eigenvalue weighted by Crippen LogP contribution is 2.44. The largest absolute Gasteiger partial charge is 0.304 e. The molecule has 0 aromatic heterocycles. The molecule has 0 saturated heterocycles. The summed E-state index contributed by atoms with van der Waals surface area (Å²) in [6, 6.07) is 28.6. The lowest BCUT2D eigenvalue weighted by molar-refractivity contribution is 0.439. The van der Waals surface area contributed by atoms with Crippen molar-refractivity contribution in [3.8, 4) is 22.3 Å². The molecule has 1 heteroatoms. The van der Waals surface area contributed by atoms with Gasteiger partial charge in [-0.3, -0.25) is 0 Å². The summed E-state index contributed by atoms with van der Waals surface area (Å²) in [5, 5.41) is 11.8. The maximum atomic E-state index is 9.32. The van der Waals surface area contributed by atoms with Crippen molar-refractivity contribution in [3.05, 3.63) is 95.6 Å². The molecule has 0 bridgehead atoms. The smallest absolute Gasteiger partial charge is 0.0429 e. The minimum Gasteiger partial charge on any atom is -0.304 e. The number of hydrogen-bond donors (Lipinski definition) is 1. The fraction of sp³-hybridized carbons (Fsp3) is 0.233. The Balaban J connectivity index is 1.57. The molecule has 152 valence electrons. The quantitative estimate of drug-likeness (QED) is 0.296. The lowest BCUT2D eigenvalue weighted by Gasteiger charge is -2.25. The van der Waals surface area contributed by atoms with E-state index in [1.54, 1.807) is 0 Å². The molecule has 1 nitrogen and oxygen atoms in total. The molecular formula is C30H27N. The van der Waals surface area contributed by atoms with Crippen LogP contribution in [0.1, 0.15) is 48.8 Å². The highest BCUT2D eigenvalue weighted by atomic mass is 14.5. The van der Waals surface area contributed by atoms with E-state index in [4.69, 9.17) is 0 Å². The van der Waals surface area contributed by atoms with E-state index in [0.717, 1.165) is 30.5 Å². The summed E-state index contributed by atoms with van der Waals surface area (Å²) in [6.45, 7) is 0. The summed E-state index contributed by atoms with van der Waals surface area (Å²) in [6.07, 6.45) is 7.10. The van der Waals surface area contributed by atoms with Crippen LogP contribution in [0.4, 0.5) is 0 Å². The van der Waals surface area contributed by atoms with Crippen molar-refractivity contribution in [2.45, 2.75) is 38.5 Å². The first-order chi connectivity index (χ1) is 15.3. The Kier molecular flexibility index (Phi) is 4.49. The van der Waals surface area contributed by atoms with Gasteiger partial charge in [0.15, 0.2) is 0 Å². The Morgan fingerprint density at radius 1 is 0.645 bits per heavy atom. The summed E-state index contributed by atoms with van der Waals surface area (Å²) in [5.74, 6) is 0.382. The molecule has 0 spiro atoms. The second kappa shape index (κ2) is 7.50. The standard InChI is InChI=1S/C30H27N/c31-30(21-10-2-1-3-11-21)29-24-14-7-4-9-20(24)17-18-27(29)26-16-8-15-25-23-13-6-5-12-22(23)19-28(25)26/h4-9,12-18,21,31H,1-3,10-11,19H2. The van der Waals surface area contributed by atoms with Crippen molar-refractivity contribution in [1.29, 1.82) is 5.41 Å². The highest BCUT2D eigenvalue weighted by Gasteiger charge is 2.26. The van der Waals surface area contributed by atoms with Gasteiger partial charge >= 0.3 is 0 Å². The normalized spacial score (nSPS) is 15.6. The van der Waals surface area contributed by atoms with E-state index >= 15 is 0 Å². The zero-order valence-corrected chi connectivity index (χ0v) is 17.8. The van der Waals surface area contributed by atoms with Gasteiger partial charge in [0.25, 0.3) is 0 Å². The Hall–Kier alpha value is -3.19. The van der Waals surface area contributed by atoms with E-state index in [2.05, 4.69) is 78.9 Å². The van der Waals surface area contributed by atoms with Gasteiger partial charge in [0.2, 0.25) is 0 Å². The van der Waals surface area contributed by atoms with Gasteiger partial charge in [0.1, 0.15) is 0 Å². The third kappa shape index (κ3) is 3.03. The molecule has 0 radical (unpaired) electrons. The molecular weight excluding hydrogens is 374 g/mol. The number of nitrogens with one attached hydrogen (secondary N) is 1. The summed E-state index contributed by atoms with van der Waals surface area (Å²) >= 11 is 0. The molecule has 31 heavy (non-hydrogen) atoms. The maximum Gasteiger partial charge on any atom is 0.0429 e. The molecule has 2 aliphatic carbocycles. The molecule has 0 amide bonds. The Morgan fingerprint density at radius 3 is 2.23 bits per heavy atom. The summed E-state index contributed by atoms with van der Waals surface area (Å²) < 4.78 is 0. The lowest BCUT2D eigenvalue weighted by atomic mass is 9.79. The monoisotopic (exact) mass is 401 g/mol. The molecule has 6 rings (SSSR count). The molecule has 0 atom stereocenters. The van der Waals surface area contributed by atoms with Gasteiger partial charge in [-0.1, -0.05) is 98.1 Å². The average Bonchev–Trinajstić information content (AvgIpc) is 3.22. The van der Waals surface area contributed by atoms with Crippen LogP contribution in [0.2, 0.25) is 0 Å². The van der Waals surface area contributed by atoms with Crippen LogP contribution in [0.15, 0.2) is 78.9 Å². The fourth-order valence-corrected chi connectivity index (χ4v) is 5.79. The highest BCUT2D eigenvalue weighted by molar-refractivity contribution is 6.15. The van der Waals surface area contributed by atoms with Gasteiger partial charge in [-0.15, -0.1) is 0 Å². The van der Waals surface area contributed by atoms with Crippen LogP contribution >= 0.6 is 0 Å². The van der Waals surface area contributed by atoms with Gasteiger partial charge in [0.05, 0.1) is 0 Å². The van der Waals surface area contributed by atoms with Crippen molar-refractivity contribution in [2.75, 3.05) is 0 Å². The number of fused-ring (bicyclic) bond motifs is 4. The maximum absolute atomic E-state index is 9.32. The average molecular weight is 402 g/mol. The van der Waals surface area contributed by atoms with Crippen molar-refractivity contribution in [1.82, 2.24) is 0 Å². The molecule has 0 aliphatic heterocycles. The van der Waals surface area contributed by atoms with Crippen molar-refractivity contribution >= 4 is 16.5 Å². The van der Waals surface area contributed by atoms with Crippen LogP contribution in [0, 0.1) is 11.3 Å². The Labute approximate surface area is 184 Å². The first-order valence-corrected chi connectivity index (χ1v) is 11.6. The second-order valence-electron chi connectivity index (χ2n) is 9.12. The van der Waals surface area contributed by atoms with Crippen LogP contribution in [-0.2, 0) is 6.42 Å². The number of benzene rings is 4. The minimum absolute atomic E-state index is 0.382. The van der Waals surface area contributed by atoms with Gasteiger partial charge < -0.3 is 5.41 Å². The summed E-state index contributed by atoms with van der Waals surface area (Å²) in [5.41, 5.74) is 10.1. The van der Waals surface area contributed by atoms with Crippen LogP contribution in [-0.4, -0.2) is 5.71 Å². The SMILES string of the molecule is N=C(c1c(-c2cccc3c2Cc2ccccc2-3)ccc2ccccc12)C1CCCCC1. The van der Waals surface area contributed by atoms with Crippen molar-refractivity contribution in [2.24, 2.45) is 5.92 Å². The molecule has 0 heterocycles. The predicted octanol–water partition coefficient (Wildman–Crippen LogP) is 8.03. The van der Waals surface area contributed by atoms with Crippen molar-refractivity contribution < 1.29 is 0 Å². The molecule has 0 unspecified atom stereocenters. The third-order valence-corrected chi connectivity index (χ3v) is 7.35. The Bertz CT molecular complexity index is 1310. The molecule has 1 N–H and O–H groups in total. The zero-order valence-electron chi connectivity index (χ0n) is 17.8. The van der Waals surface area contributed by atoms with Gasteiger partial charge in [-0.05, 0) is 63.4 Å². The van der Waals surface area contributed by atoms with Crippen LogP contribution in [0.25, 0.3) is 33.0 Å². The molecule has 1 fully saturated rings. The van der Waals surface area contributed by atoms with E-state index < -0.39 is 0 Å². The Morgan fingerprint density at radius 2 is 1.35 bits per heavy atom. The first-order valence-electron chi connectivity index (χ1n) is 11.6. The third-order valence-electron chi connectivity index (χ3n) is 7.35. The van der Waals surface area contributed by atoms with Crippen molar-refractivity contribution in [3.63, 3.8) is 0 Å². The molecule has 2 aliphatic rings. The van der Waals surface area contributed by atoms with E-state index in [0.29, 0.717) is 5.92 Å². The zero-order chi connectivity index (χ0) is 20.8. The summed E-state index contributed by atoms with van der Waals surface area (Å²) in [4.78, 5) is 0. The van der Waals surface area contributed by atoms with Gasteiger partial charge in [0, 0.05) is 17.2 Å². The van der Waals surface area contributed by atoms with E-state index in [1.165, 1.54) is 63.4 Å². The second-order valence-corrected chi connectivity index (χ2v) is 9.12. The lowest BCUT2D eigenvalue weighted by Crippen LogP contribution is -2.19. The predicted molar refractivity (Wildman–Crippen MR) is 131 cm³/mol. The van der Waals surface area contributed by atoms with Crippen LogP contribution < -0.4 is 0 Å². The van der Waals surface area contributed by atoms with E-state index in [9.17, 15) is 5.41 Å². The first kappa shape index (κ1) is 18.6. The van der Waals surface area contributed by atoms with E-state index in [-0.39, 0.29) is 0 Å². The summed E-state index contributed by atoms with van der Waals surface area (Å²) in [7, 11) is 0.